The van der Waals surface area contributed by atoms with Crippen LogP contribution in [0.4, 0.5) is 26.3 Å². The van der Waals surface area contributed by atoms with Crippen molar-refractivity contribution >= 4 is 11.9 Å². The lowest BCUT2D eigenvalue weighted by atomic mass is 10.3. The summed E-state index contributed by atoms with van der Waals surface area (Å²) in [6.07, 6.45) is -5.53. The lowest BCUT2D eigenvalue weighted by Crippen LogP contribution is -2.18. The highest BCUT2D eigenvalue weighted by molar-refractivity contribution is 6.02. The Labute approximate surface area is 90.3 Å². The number of halogens is 6. The molecule has 0 saturated carbocycles. The van der Waals surface area contributed by atoms with E-state index < -0.39 is 48.6 Å². The van der Waals surface area contributed by atoms with E-state index in [0.717, 1.165) is 0 Å². The fraction of sp³-hybridized carbons (Fsp3) is 0.250. The largest absolute Gasteiger partial charge is 0.386 e. The van der Waals surface area contributed by atoms with Crippen LogP contribution >= 0.6 is 0 Å². The lowest BCUT2D eigenvalue weighted by molar-refractivity contribution is -0.154. The van der Waals surface area contributed by atoms with Crippen molar-refractivity contribution in [2.24, 2.45) is 0 Å². The minimum atomic E-state index is -2.77. The van der Waals surface area contributed by atoms with E-state index in [2.05, 4.69) is 4.74 Å². The van der Waals surface area contributed by atoms with Gasteiger partial charge in [0.25, 0.3) is 12.2 Å². The second kappa shape index (κ2) is 6.71. The Hall–Kier alpha value is -1.80. The summed E-state index contributed by atoms with van der Waals surface area (Å²) in [5, 5.41) is 0. The molecule has 0 fully saturated rings. The van der Waals surface area contributed by atoms with Crippen molar-refractivity contribution in [2.75, 3.05) is 13.3 Å². The molecule has 0 aromatic carbocycles. The predicted octanol–water partition coefficient (Wildman–Crippen LogP) is 2.30. The van der Waals surface area contributed by atoms with Gasteiger partial charge in [-0.25, -0.2) is 18.4 Å². The number of hydrogen-bond acceptors (Lipinski definition) is 3. The molecule has 0 aliphatic heterocycles. The number of rotatable bonds is 4. The third kappa shape index (κ3) is 4.29. The molecule has 17 heavy (non-hydrogen) atoms. The van der Waals surface area contributed by atoms with Crippen LogP contribution in [0.2, 0.25) is 0 Å². The normalized spacial score (nSPS) is 9.53. The van der Waals surface area contributed by atoms with E-state index in [1.807, 2.05) is 0 Å². The molecule has 0 aliphatic carbocycles. The van der Waals surface area contributed by atoms with Crippen molar-refractivity contribution in [3.05, 3.63) is 23.3 Å². The van der Waals surface area contributed by atoms with Gasteiger partial charge in [-0.15, -0.1) is 0 Å². The monoisotopic (exact) mass is 262 g/mol. The molecule has 3 nitrogen and oxygen atoms in total. The molecular weight excluding hydrogens is 258 g/mol. The molecule has 0 bridgehead atoms. The second-order valence-corrected chi connectivity index (χ2v) is 2.42. The smallest absolute Gasteiger partial charge is 0.350 e. The van der Waals surface area contributed by atoms with E-state index in [-0.39, 0.29) is 0 Å². The molecule has 0 heterocycles. The van der Waals surface area contributed by atoms with Crippen molar-refractivity contribution in [1.82, 2.24) is 0 Å². The van der Waals surface area contributed by atoms with Gasteiger partial charge in [-0.3, -0.25) is 0 Å². The van der Waals surface area contributed by atoms with Crippen molar-refractivity contribution < 1.29 is 40.7 Å². The van der Waals surface area contributed by atoms with Gasteiger partial charge in [-0.1, -0.05) is 0 Å². The van der Waals surface area contributed by atoms with Crippen LogP contribution in [0.1, 0.15) is 0 Å². The number of carbonyl (C=O) groups is 2. The molecule has 0 radical (unpaired) electrons. The van der Waals surface area contributed by atoms with Crippen LogP contribution < -0.4 is 0 Å². The van der Waals surface area contributed by atoms with Crippen molar-refractivity contribution in [3.63, 3.8) is 0 Å². The molecule has 0 aromatic rings. The second-order valence-electron chi connectivity index (χ2n) is 2.42. The molecule has 0 aromatic heterocycles. The summed E-state index contributed by atoms with van der Waals surface area (Å²) in [4.78, 5) is 21.3. The summed E-state index contributed by atoms with van der Waals surface area (Å²) in [7, 11) is 0. The number of hydrogen-bond donors (Lipinski definition) is 0. The molecule has 0 N–H and O–H groups in total. The summed E-state index contributed by atoms with van der Waals surface area (Å²) in [6.45, 7) is -3.91. The van der Waals surface area contributed by atoms with Crippen molar-refractivity contribution in [2.45, 2.75) is 0 Å². The maximum atomic E-state index is 11.9. The number of carbonyl (C=O) groups excluding carboxylic acids is 2. The molecule has 96 valence electrons. The topological polar surface area (TPSA) is 43.4 Å². The summed E-state index contributed by atoms with van der Waals surface area (Å²) in [5.74, 6) is -4.30. The summed E-state index contributed by atoms with van der Waals surface area (Å²) < 4.78 is 74.5. The average molecular weight is 262 g/mol. The van der Waals surface area contributed by atoms with Crippen LogP contribution in [0.25, 0.3) is 0 Å². The molecule has 0 amide bonds. The maximum absolute atomic E-state index is 11.9. The van der Waals surface area contributed by atoms with Gasteiger partial charge in [0.2, 0.25) is 0 Å². The zero-order valence-electron chi connectivity index (χ0n) is 7.91. The standard InChI is InChI=1S/C8H4F6O3/c9-1-3(5(11)12)7(15)17-8(16)4(2-10)6(13)14/h1-2H2. The SMILES string of the molecule is O=C(OC(=O)C(CF)=C(F)F)C(CF)=C(F)F. The van der Waals surface area contributed by atoms with Crippen LogP contribution in [-0.2, 0) is 14.3 Å². The number of esters is 2. The molecule has 9 heteroatoms. The number of ether oxygens (including phenoxy) is 1. The lowest BCUT2D eigenvalue weighted by Gasteiger charge is -2.03. The Bertz CT molecular complexity index is 343. The molecule has 0 aliphatic rings. The first-order valence-corrected chi connectivity index (χ1v) is 3.81. The third-order valence-electron chi connectivity index (χ3n) is 1.40. The van der Waals surface area contributed by atoms with E-state index in [1.165, 1.54) is 0 Å². The van der Waals surface area contributed by atoms with Crippen LogP contribution in [-0.4, -0.2) is 25.3 Å². The first-order valence-electron chi connectivity index (χ1n) is 3.81. The molecule has 0 rings (SSSR count). The van der Waals surface area contributed by atoms with Gasteiger partial charge < -0.3 is 4.74 Å². The fourth-order valence-electron chi connectivity index (χ4n) is 0.572. The summed E-state index contributed by atoms with van der Waals surface area (Å²) >= 11 is 0. The predicted molar refractivity (Wildman–Crippen MR) is 41.5 cm³/mol. The van der Waals surface area contributed by atoms with Crippen LogP contribution in [0.5, 0.6) is 0 Å². The quantitative estimate of drug-likeness (QED) is 0.338. The van der Waals surface area contributed by atoms with E-state index in [4.69, 9.17) is 0 Å². The van der Waals surface area contributed by atoms with E-state index >= 15 is 0 Å². The average Bonchev–Trinajstić information content (AvgIpc) is 2.17. The maximum Gasteiger partial charge on any atom is 0.350 e. The van der Waals surface area contributed by atoms with Gasteiger partial charge in [0.15, 0.2) is 0 Å². The molecule has 0 saturated heterocycles. The fourth-order valence-corrected chi connectivity index (χ4v) is 0.572. The first kappa shape index (κ1) is 15.2. The minimum Gasteiger partial charge on any atom is -0.386 e. The van der Waals surface area contributed by atoms with Crippen LogP contribution in [0.15, 0.2) is 23.3 Å². The first-order chi connectivity index (χ1) is 7.84. The Kier molecular flexibility index (Phi) is 6.00. The Balaban J connectivity index is 4.89. The summed E-state index contributed by atoms with van der Waals surface area (Å²) in [5.41, 5.74) is -3.59. The van der Waals surface area contributed by atoms with Crippen LogP contribution in [0, 0.1) is 0 Å². The van der Waals surface area contributed by atoms with Gasteiger partial charge in [-0.05, 0) is 0 Å². The highest BCUT2D eigenvalue weighted by Gasteiger charge is 2.25. The van der Waals surface area contributed by atoms with Gasteiger partial charge in [0, 0.05) is 0 Å². The molecule has 0 atom stereocenters. The minimum absolute atomic E-state index is 1.80. The van der Waals surface area contributed by atoms with Crippen molar-refractivity contribution in [3.8, 4) is 0 Å². The third-order valence-corrected chi connectivity index (χ3v) is 1.40. The van der Waals surface area contributed by atoms with Crippen LogP contribution in [0.3, 0.4) is 0 Å². The zero-order valence-corrected chi connectivity index (χ0v) is 7.91. The van der Waals surface area contributed by atoms with E-state index in [0.29, 0.717) is 0 Å². The Morgan fingerprint density at radius 2 is 1.06 bits per heavy atom. The highest BCUT2D eigenvalue weighted by atomic mass is 19.3. The van der Waals surface area contributed by atoms with Gasteiger partial charge in [-0.2, -0.15) is 17.6 Å². The Morgan fingerprint density at radius 1 is 0.765 bits per heavy atom. The molecule has 0 spiro atoms. The highest BCUT2D eigenvalue weighted by Crippen LogP contribution is 2.14. The van der Waals surface area contributed by atoms with Gasteiger partial charge in [0.1, 0.15) is 24.5 Å². The Morgan fingerprint density at radius 3 is 1.24 bits per heavy atom. The number of alkyl halides is 2. The zero-order chi connectivity index (χ0) is 13.6. The molecular formula is C8H4F6O3. The summed E-state index contributed by atoms with van der Waals surface area (Å²) in [6, 6.07) is 0. The van der Waals surface area contributed by atoms with Crippen molar-refractivity contribution in [1.29, 1.82) is 0 Å². The van der Waals surface area contributed by atoms with E-state index in [9.17, 15) is 35.9 Å². The van der Waals surface area contributed by atoms with Gasteiger partial charge in [0.05, 0.1) is 0 Å². The van der Waals surface area contributed by atoms with E-state index in [1.54, 1.807) is 0 Å². The molecule has 0 unspecified atom stereocenters. The van der Waals surface area contributed by atoms with Gasteiger partial charge >= 0.3 is 11.9 Å².